The Labute approximate surface area is 176 Å². The Morgan fingerprint density at radius 2 is 1.66 bits per heavy atom. The molecule has 0 atom stereocenters. The maximum Gasteiger partial charge on any atom is 0.255 e. The molecule has 29 heavy (non-hydrogen) atoms. The van der Waals surface area contributed by atoms with E-state index in [9.17, 15) is 14.4 Å². The molecule has 5 nitrogen and oxygen atoms in total. The Bertz CT molecular complexity index is 887. The van der Waals surface area contributed by atoms with E-state index in [4.69, 9.17) is 11.6 Å². The quantitative estimate of drug-likeness (QED) is 0.728. The SMILES string of the molecule is Cc1ccc(C(=O)CCC(=O)NC2CCN(C(=O)c3ccccc3Cl)CC2)cc1. The van der Waals surface area contributed by atoms with Gasteiger partial charge in [-0.05, 0) is 31.9 Å². The first-order chi connectivity index (χ1) is 13.9. The number of rotatable bonds is 6. The molecule has 0 unspecified atom stereocenters. The standard InChI is InChI=1S/C23H25ClN2O3/c1-16-6-8-17(9-7-16)21(27)10-11-22(28)25-18-12-14-26(15-13-18)23(29)19-4-2-3-5-20(19)24/h2-9,18H,10-15H2,1H3,(H,25,28). The van der Waals surface area contributed by atoms with Gasteiger partial charge in [0.1, 0.15) is 0 Å². The summed E-state index contributed by atoms with van der Waals surface area (Å²) >= 11 is 6.12. The highest BCUT2D eigenvalue weighted by Gasteiger charge is 2.25. The van der Waals surface area contributed by atoms with Gasteiger partial charge in [0, 0.05) is 37.5 Å². The summed E-state index contributed by atoms with van der Waals surface area (Å²) in [6.45, 7) is 3.10. The van der Waals surface area contributed by atoms with Gasteiger partial charge < -0.3 is 10.2 Å². The lowest BCUT2D eigenvalue weighted by Crippen LogP contribution is -2.46. The molecule has 1 aliphatic heterocycles. The van der Waals surface area contributed by atoms with Gasteiger partial charge in [0.25, 0.3) is 5.91 Å². The van der Waals surface area contributed by atoms with Crippen LogP contribution in [-0.2, 0) is 4.79 Å². The zero-order valence-corrected chi connectivity index (χ0v) is 17.2. The zero-order chi connectivity index (χ0) is 20.8. The number of piperidine rings is 1. The molecular formula is C23H25ClN2O3. The summed E-state index contributed by atoms with van der Waals surface area (Å²) in [7, 11) is 0. The molecule has 0 bridgehead atoms. The van der Waals surface area contributed by atoms with Crippen LogP contribution in [0.3, 0.4) is 0 Å². The highest BCUT2D eigenvalue weighted by Crippen LogP contribution is 2.20. The molecule has 152 valence electrons. The molecule has 1 N–H and O–H groups in total. The average Bonchev–Trinajstić information content (AvgIpc) is 2.73. The minimum absolute atomic E-state index is 0.0206. The Balaban J connectivity index is 1.42. The zero-order valence-electron chi connectivity index (χ0n) is 16.5. The van der Waals surface area contributed by atoms with Gasteiger partial charge in [-0.2, -0.15) is 0 Å². The van der Waals surface area contributed by atoms with Crippen LogP contribution in [0.1, 0.15) is 52.0 Å². The summed E-state index contributed by atoms with van der Waals surface area (Å²) in [5, 5.41) is 3.44. The molecule has 0 spiro atoms. The molecule has 1 heterocycles. The number of amides is 2. The molecule has 0 aromatic heterocycles. The van der Waals surface area contributed by atoms with Crippen LogP contribution in [0.2, 0.25) is 5.02 Å². The van der Waals surface area contributed by atoms with Crippen molar-refractivity contribution in [1.82, 2.24) is 10.2 Å². The van der Waals surface area contributed by atoms with E-state index in [0.717, 1.165) is 5.56 Å². The second-order valence-electron chi connectivity index (χ2n) is 7.40. The third kappa shape index (κ3) is 5.67. The van der Waals surface area contributed by atoms with Crippen LogP contribution in [0.25, 0.3) is 0 Å². The topological polar surface area (TPSA) is 66.5 Å². The van der Waals surface area contributed by atoms with E-state index in [-0.39, 0.29) is 36.5 Å². The number of Topliss-reactive ketones (excluding diaryl/α,β-unsaturated/α-hetero) is 1. The van der Waals surface area contributed by atoms with E-state index in [1.165, 1.54) is 0 Å². The summed E-state index contributed by atoms with van der Waals surface area (Å²) < 4.78 is 0. The van der Waals surface area contributed by atoms with Gasteiger partial charge >= 0.3 is 0 Å². The largest absolute Gasteiger partial charge is 0.353 e. The summed E-state index contributed by atoms with van der Waals surface area (Å²) in [5.41, 5.74) is 2.24. The van der Waals surface area contributed by atoms with Gasteiger partial charge in [0.2, 0.25) is 5.91 Å². The van der Waals surface area contributed by atoms with Crippen molar-refractivity contribution >= 4 is 29.2 Å². The van der Waals surface area contributed by atoms with Crippen molar-refractivity contribution in [2.24, 2.45) is 0 Å². The highest BCUT2D eigenvalue weighted by atomic mass is 35.5. The van der Waals surface area contributed by atoms with Crippen LogP contribution < -0.4 is 5.32 Å². The van der Waals surface area contributed by atoms with E-state index < -0.39 is 0 Å². The van der Waals surface area contributed by atoms with Gasteiger partial charge in [-0.3, -0.25) is 14.4 Å². The number of carbonyl (C=O) groups excluding carboxylic acids is 3. The van der Waals surface area contributed by atoms with Gasteiger partial charge in [0.05, 0.1) is 10.6 Å². The van der Waals surface area contributed by atoms with Crippen LogP contribution in [0, 0.1) is 6.92 Å². The van der Waals surface area contributed by atoms with Crippen molar-refractivity contribution in [3.8, 4) is 0 Å². The number of hydrogen-bond acceptors (Lipinski definition) is 3. The van der Waals surface area contributed by atoms with Crippen LogP contribution in [0.15, 0.2) is 48.5 Å². The van der Waals surface area contributed by atoms with Gasteiger partial charge in [-0.15, -0.1) is 0 Å². The monoisotopic (exact) mass is 412 g/mol. The summed E-state index contributed by atoms with van der Waals surface area (Å²) in [5.74, 6) is -0.231. The molecule has 0 radical (unpaired) electrons. The molecule has 6 heteroatoms. The molecule has 2 aromatic carbocycles. The predicted octanol–water partition coefficient (Wildman–Crippen LogP) is 4.03. The third-order valence-electron chi connectivity index (χ3n) is 5.20. The van der Waals surface area contributed by atoms with Crippen LogP contribution >= 0.6 is 11.6 Å². The van der Waals surface area contributed by atoms with E-state index in [2.05, 4.69) is 5.32 Å². The number of halogens is 1. The first-order valence-electron chi connectivity index (χ1n) is 9.87. The van der Waals surface area contributed by atoms with E-state index in [0.29, 0.717) is 42.1 Å². The van der Waals surface area contributed by atoms with Crippen molar-refractivity contribution in [2.75, 3.05) is 13.1 Å². The summed E-state index contributed by atoms with van der Waals surface area (Å²) in [4.78, 5) is 38.8. The third-order valence-corrected chi connectivity index (χ3v) is 5.53. The molecule has 0 aliphatic carbocycles. The van der Waals surface area contributed by atoms with Crippen LogP contribution in [-0.4, -0.2) is 41.6 Å². The number of nitrogens with one attached hydrogen (secondary N) is 1. The second-order valence-corrected chi connectivity index (χ2v) is 7.81. The first kappa shape index (κ1) is 21.1. The first-order valence-corrected chi connectivity index (χ1v) is 10.2. The summed E-state index contributed by atoms with van der Waals surface area (Å²) in [6, 6.07) is 14.4. The normalized spacial score (nSPS) is 14.5. The Morgan fingerprint density at radius 1 is 1.00 bits per heavy atom. The smallest absolute Gasteiger partial charge is 0.255 e. The maximum atomic E-state index is 12.6. The lowest BCUT2D eigenvalue weighted by atomic mass is 10.0. The summed E-state index contributed by atoms with van der Waals surface area (Å²) in [6.07, 6.45) is 1.74. The molecular weight excluding hydrogens is 388 g/mol. The number of nitrogens with zero attached hydrogens (tertiary/aromatic N) is 1. The lowest BCUT2D eigenvalue weighted by molar-refractivity contribution is -0.122. The van der Waals surface area contributed by atoms with Crippen LogP contribution in [0.5, 0.6) is 0 Å². The Morgan fingerprint density at radius 3 is 2.31 bits per heavy atom. The molecule has 3 rings (SSSR count). The molecule has 0 saturated carbocycles. The van der Waals surface area contributed by atoms with Crippen molar-refractivity contribution in [2.45, 2.75) is 38.6 Å². The Kier molecular flexibility index (Phi) is 7.04. The number of ketones is 1. The average molecular weight is 413 g/mol. The fourth-order valence-electron chi connectivity index (χ4n) is 3.44. The second kappa shape index (κ2) is 9.70. The van der Waals surface area contributed by atoms with Crippen LogP contribution in [0.4, 0.5) is 0 Å². The fourth-order valence-corrected chi connectivity index (χ4v) is 3.66. The lowest BCUT2D eigenvalue weighted by Gasteiger charge is -2.32. The van der Waals surface area contributed by atoms with Gasteiger partial charge in [-0.25, -0.2) is 0 Å². The van der Waals surface area contributed by atoms with Crippen molar-refractivity contribution in [3.63, 3.8) is 0 Å². The van der Waals surface area contributed by atoms with Gasteiger partial charge in [0.15, 0.2) is 5.78 Å². The minimum atomic E-state index is -0.124. The Hall–Kier alpha value is -2.66. The number of likely N-dealkylation sites (tertiary alicyclic amines) is 1. The highest BCUT2D eigenvalue weighted by molar-refractivity contribution is 6.33. The molecule has 1 saturated heterocycles. The number of hydrogen-bond donors (Lipinski definition) is 1. The van der Waals surface area contributed by atoms with E-state index in [1.54, 1.807) is 41.3 Å². The van der Waals surface area contributed by atoms with Gasteiger partial charge in [-0.1, -0.05) is 53.6 Å². The fraction of sp³-hybridized carbons (Fsp3) is 0.348. The van der Waals surface area contributed by atoms with E-state index >= 15 is 0 Å². The minimum Gasteiger partial charge on any atom is -0.353 e. The van der Waals surface area contributed by atoms with Crippen molar-refractivity contribution < 1.29 is 14.4 Å². The number of carbonyl (C=O) groups is 3. The van der Waals surface area contributed by atoms with E-state index in [1.807, 2.05) is 19.1 Å². The molecule has 1 aliphatic rings. The molecule has 2 aromatic rings. The molecule has 2 amide bonds. The number of aryl methyl sites for hydroxylation is 1. The molecule has 1 fully saturated rings. The predicted molar refractivity (Wildman–Crippen MR) is 113 cm³/mol. The maximum absolute atomic E-state index is 12.6. The van der Waals surface area contributed by atoms with Crippen molar-refractivity contribution in [1.29, 1.82) is 0 Å². The number of benzene rings is 2. The van der Waals surface area contributed by atoms with Crippen molar-refractivity contribution in [3.05, 3.63) is 70.2 Å².